The van der Waals surface area contributed by atoms with Gasteiger partial charge in [-0.25, -0.2) is 10.1 Å². The highest BCUT2D eigenvalue weighted by Crippen LogP contribution is 2.10. The van der Waals surface area contributed by atoms with Crippen molar-refractivity contribution in [1.82, 2.24) is 4.83 Å². The third-order valence-electron chi connectivity index (χ3n) is 1.39. The van der Waals surface area contributed by atoms with Crippen LogP contribution in [0.2, 0.25) is 0 Å². The standard InChI is InChI=1S/C6H7N3O4S.FH/c7-5-1-3-6(4-2-5)14(12,13)8-9(10)11;/h1-4,8H,7H2;1H. The van der Waals surface area contributed by atoms with Gasteiger partial charge in [-0.05, 0) is 29.1 Å². The Balaban J connectivity index is 0.00000196. The van der Waals surface area contributed by atoms with E-state index >= 15 is 0 Å². The second kappa shape index (κ2) is 4.55. The number of nitrogens with zero attached hydrogens (tertiary/aromatic N) is 1. The molecule has 0 amide bonds. The fraction of sp³-hybridized carbons (Fsp3) is 0. The van der Waals surface area contributed by atoms with Crippen LogP contribution in [-0.2, 0) is 10.0 Å². The minimum atomic E-state index is -4.08. The molecule has 0 saturated heterocycles. The smallest absolute Gasteiger partial charge is 0.311 e. The molecule has 0 radical (unpaired) electrons. The topological polar surface area (TPSA) is 115 Å². The first-order valence-electron chi connectivity index (χ1n) is 3.44. The second-order valence-electron chi connectivity index (χ2n) is 2.42. The van der Waals surface area contributed by atoms with Gasteiger partial charge in [-0.1, -0.05) is 0 Å². The number of anilines is 1. The number of halogens is 1. The van der Waals surface area contributed by atoms with Gasteiger partial charge in [-0.3, -0.25) is 4.70 Å². The summed E-state index contributed by atoms with van der Waals surface area (Å²) in [6, 6.07) is 5.05. The number of benzene rings is 1. The van der Waals surface area contributed by atoms with E-state index in [0.29, 0.717) is 5.69 Å². The lowest BCUT2D eigenvalue weighted by atomic mass is 10.3. The van der Waals surface area contributed by atoms with Gasteiger partial charge in [0, 0.05) is 5.69 Å². The van der Waals surface area contributed by atoms with Crippen LogP contribution in [0.5, 0.6) is 0 Å². The molecule has 7 nitrogen and oxygen atoms in total. The van der Waals surface area contributed by atoms with Crippen LogP contribution >= 0.6 is 0 Å². The van der Waals surface area contributed by atoms with Crippen LogP contribution in [0.1, 0.15) is 0 Å². The lowest BCUT2D eigenvalue weighted by Crippen LogP contribution is -2.29. The number of hydrogen-bond donors (Lipinski definition) is 2. The van der Waals surface area contributed by atoms with Crippen LogP contribution in [0.4, 0.5) is 10.4 Å². The summed E-state index contributed by atoms with van der Waals surface area (Å²) in [5.41, 5.74) is 5.70. The maximum Gasteiger partial charge on any atom is 0.311 e. The Morgan fingerprint density at radius 1 is 1.27 bits per heavy atom. The van der Waals surface area contributed by atoms with E-state index in [9.17, 15) is 18.5 Å². The number of hydrazine groups is 1. The van der Waals surface area contributed by atoms with Gasteiger partial charge in [0.2, 0.25) is 0 Å². The summed E-state index contributed by atoms with van der Waals surface area (Å²) in [6.07, 6.45) is 0. The van der Waals surface area contributed by atoms with Crippen molar-refractivity contribution in [2.24, 2.45) is 0 Å². The lowest BCUT2D eigenvalue weighted by Gasteiger charge is -2.00. The molecule has 9 heteroatoms. The molecule has 0 spiro atoms. The van der Waals surface area contributed by atoms with Gasteiger partial charge in [0.15, 0.2) is 5.03 Å². The van der Waals surface area contributed by atoms with Gasteiger partial charge >= 0.3 is 10.0 Å². The fourth-order valence-electron chi connectivity index (χ4n) is 0.798. The summed E-state index contributed by atoms with van der Waals surface area (Å²) >= 11 is 0. The summed E-state index contributed by atoms with van der Waals surface area (Å²) in [5.74, 6) is 0. The van der Waals surface area contributed by atoms with Gasteiger partial charge in [-0.15, -0.1) is 0 Å². The Bertz CT molecular complexity index is 444. The molecule has 0 unspecified atom stereocenters. The molecule has 0 aromatic heterocycles. The Labute approximate surface area is 84.4 Å². The molecule has 1 aromatic carbocycles. The molecular weight excluding hydrogens is 229 g/mol. The summed E-state index contributed by atoms with van der Waals surface area (Å²) < 4.78 is 22.3. The number of nitrogens with one attached hydrogen (secondary N) is 1. The SMILES string of the molecule is F.Nc1ccc(S(=O)(=O)N[N+](=O)[O-])cc1. The number of hydrogen-bond acceptors (Lipinski definition) is 5. The van der Waals surface area contributed by atoms with E-state index in [0.717, 1.165) is 0 Å². The van der Waals surface area contributed by atoms with Gasteiger partial charge in [0.1, 0.15) is 0 Å². The first-order chi connectivity index (χ1) is 6.42. The zero-order valence-corrected chi connectivity index (χ0v) is 8.10. The van der Waals surface area contributed by atoms with Crippen molar-refractivity contribution in [3.8, 4) is 0 Å². The number of nitro groups is 1. The molecule has 1 rings (SSSR count). The summed E-state index contributed by atoms with van der Waals surface area (Å²) in [5, 5.41) is 8.81. The van der Waals surface area contributed by atoms with E-state index < -0.39 is 15.1 Å². The van der Waals surface area contributed by atoms with Crippen LogP contribution in [0.3, 0.4) is 0 Å². The predicted molar refractivity (Wildman–Crippen MR) is 50.7 cm³/mol. The molecule has 0 atom stereocenters. The van der Waals surface area contributed by atoms with Gasteiger partial charge in [-0.2, -0.15) is 8.42 Å². The van der Waals surface area contributed by atoms with Crippen LogP contribution in [-0.4, -0.2) is 13.5 Å². The zero-order valence-electron chi connectivity index (χ0n) is 7.28. The average molecular weight is 237 g/mol. The van der Waals surface area contributed by atoms with Crippen LogP contribution in [0, 0.1) is 10.1 Å². The molecule has 0 bridgehead atoms. The minimum Gasteiger partial charge on any atom is -0.399 e. The van der Waals surface area contributed by atoms with E-state index in [2.05, 4.69) is 0 Å². The molecule has 1 aromatic rings. The molecule has 15 heavy (non-hydrogen) atoms. The monoisotopic (exact) mass is 237 g/mol. The third-order valence-corrected chi connectivity index (χ3v) is 2.67. The van der Waals surface area contributed by atoms with E-state index in [1.165, 1.54) is 29.1 Å². The van der Waals surface area contributed by atoms with Crippen molar-refractivity contribution in [3.05, 3.63) is 34.4 Å². The molecule has 0 aliphatic rings. The normalized spacial score (nSPS) is 10.1. The Hall–Kier alpha value is -1.90. The van der Waals surface area contributed by atoms with Crippen molar-refractivity contribution in [3.63, 3.8) is 0 Å². The van der Waals surface area contributed by atoms with Crippen molar-refractivity contribution in [2.45, 2.75) is 4.90 Å². The minimum absolute atomic E-state index is 0. The first kappa shape index (κ1) is 13.1. The molecule has 0 fully saturated rings. The molecule has 0 saturated carbocycles. The molecular formula is C6H8FN3O4S. The molecule has 0 heterocycles. The first-order valence-corrected chi connectivity index (χ1v) is 4.92. The number of nitrogen functional groups attached to an aromatic ring is 1. The molecule has 0 aliphatic carbocycles. The van der Waals surface area contributed by atoms with E-state index in [4.69, 9.17) is 5.73 Å². The van der Waals surface area contributed by atoms with Crippen LogP contribution < -0.4 is 10.6 Å². The van der Waals surface area contributed by atoms with Crippen LogP contribution in [0.25, 0.3) is 0 Å². The van der Waals surface area contributed by atoms with Crippen molar-refractivity contribution in [2.75, 3.05) is 5.73 Å². The van der Waals surface area contributed by atoms with Crippen molar-refractivity contribution in [1.29, 1.82) is 0 Å². The largest absolute Gasteiger partial charge is 0.399 e. The lowest BCUT2D eigenvalue weighted by molar-refractivity contribution is -0.518. The number of rotatable bonds is 3. The van der Waals surface area contributed by atoms with Gasteiger partial charge < -0.3 is 5.73 Å². The zero-order chi connectivity index (χ0) is 10.8. The quantitative estimate of drug-likeness (QED) is 0.432. The summed E-state index contributed by atoms with van der Waals surface area (Å²) in [7, 11) is -4.08. The molecule has 84 valence electrons. The third kappa shape index (κ3) is 3.38. The maximum absolute atomic E-state index is 11.2. The number of sulfonamides is 1. The maximum atomic E-state index is 11.2. The fourth-order valence-corrected chi connectivity index (χ4v) is 1.59. The molecule has 3 N–H and O–H groups in total. The Morgan fingerprint density at radius 2 is 1.73 bits per heavy atom. The highest BCUT2D eigenvalue weighted by atomic mass is 32.2. The highest BCUT2D eigenvalue weighted by Gasteiger charge is 2.18. The van der Waals surface area contributed by atoms with E-state index in [1.807, 2.05) is 0 Å². The van der Waals surface area contributed by atoms with E-state index in [-0.39, 0.29) is 9.60 Å². The average Bonchev–Trinajstić information content (AvgIpc) is 2.02. The number of nitrogens with two attached hydrogens (primary N) is 1. The van der Waals surface area contributed by atoms with Gasteiger partial charge in [0.25, 0.3) is 0 Å². The van der Waals surface area contributed by atoms with Crippen LogP contribution in [0.15, 0.2) is 29.2 Å². The predicted octanol–water partition coefficient (Wildman–Crippen LogP) is -0.109. The summed E-state index contributed by atoms with van der Waals surface area (Å²) in [6.45, 7) is 0. The van der Waals surface area contributed by atoms with Crippen molar-refractivity contribution < 1.29 is 18.2 Å². The van der Waals surface area contributed by atoms with Crippen molar-refractivity contribution >= 4 is 15.7 Å². The highest BCUT2D eigenvalue weighted by molar-refractivity contribution is 7.89. The summed E-state index contributed by atoms with van der Waals surface area (Å²) in [4.78, 5) is 10.9. The van der Waals surface area contributed by atoms with Gasteiger partial charge in [0.05, 0.1) is 4.90 Å². The second-order valence-corrected chi connectivity index (χ2v) is 4.08. The molecule has 0 aliphatic heterocycles. The van der Waals surface area contributed by atoms with E-state index in [1.54, 1.807) is 0 Å². The Morgan fingerprint density at radius 3 is 2.13 bits per heavy atom. The Kier molecular flexibility index (Phi) is 3.97.